The van der Waals surface area contributed by atoms with Crippen molar-refractivity contribution in [3.05, 3.63) is 0 Å². The van der Waals surface area contributed by atoms with Gasteiger partial charge in [0.25, 0.3) is 0 Å². The van der Waals surface area contributed by atoms with Gasteiger partial charge in [0.15, 0.2) is 0 Å². The van der Waals surface area contributed by atoms with Gasteiger partial charge in [-0.25, -0.2) is 0 Å². The lowest BCUT2D eigenvalue weighted by atomic mass is 10.1. The van der Waals surface area contributed by atoms with Crippen LogP contribution >= 0.6 is 0 Å². The molecule has 0 aliphatic heterocycles. The van der Waals surface area contributed by atoms with Gasteiger partial charge in [-0.15, -0.1) is 0 Å². The second-order valence-corrected chi connectivity index (χ2v) is 2.97. The molecule has 0 aliphatic rings. The number of esters is 1. The summed E-state index contributed by atoms with van der Waals surface area (Å²) in [5.41, 5.74) is 0. The van der Waals surface area contributed by atoms with Crippen molar-refractivity contribution in [2.75, 3.05) is 0 Å². The molecule has 0 aromatic rings. The summed E-state index contributed by atoms with van der Waals surface area (Å²) < 4.78 is 5.11. The average molecular weight is 158 g/mol. The monoisotopic (exact) mass is 158 g/mol. The van der Waals surface area contributed by atoms with Gasteiger partial charge in [0.2, 0.25) is 0 Å². The Balaban J connectivity index is 3.68. The number of carbonyl (C=O) groups excluding carboxylic acids is 1. The van der Waals surface area contributed by atoms with Gasteiger partial charge >= 0.3 is 5.97 Å². The van der Waals surface area contributed by atoms with E-state index >= 15 is 0 Å². The summed E-state index contributed by atoms with van der Waals surface area (Å²) in [6.07, 6.45) is 1.81. The van der Waals surface area contributed by atoms with Crippen LogP contribution in [0.4, 0.5) is 0 Å². The standard InChI is InChI=1S/C9H18O2/c1-5-7(3)9(10)11-8(4)6-2/h7-8H,5-6H2,1-4H3/t7-,8-/m0/s1. The fourth-order valence-corrected chi connectivity index (χ4v) is 0.564. The average Bonchev–Trinajstić information content (AvgIpc) is 2.02. The summed E-state index contributed by atoms with van der Waals surface area (Å²) >= 11 is 0. The molecule has 0 heterocycles. The molecule has 66 valence electrons. The molecule has 2 heteroatoms. The van der Waals surface area contributed by atoms with Crippen LogP contribution in [-0.4, -0.2) is 12.1 Å². The van der Waals surface area contributed by atoms with Gasteiger partial charge in [-0.1, -0.05) is 20.8 Å². The molecule has 0 fully saturated rings. The first-order valence-corrected chi connectivity index (χ1v) is 4.32. The molecule has 0 aromatic heterocycles. The maximum atomic E-state index is 11.1. The van der Waals surface area contributed by atoms with E-state index in [1.54, 1.807) is 0 Å². The second-order valence-electron chi connectivity index (χ2n) is 2.97. The maximum absolute atomic E-state index is 11.1. The molecule has 0 rings (SSSR count). The van der Waals surface area contributed by atoms with Crippen LogP contribution in [0.1, 0.15) is 40.5 Å². The van der Waals surface area contributed by atoms with Gasteiger partial charge < -0.3 is 4.74 Å². The molecule has 0 spiro atoms. The maximum Gasteiger partial charge on any atom is 0.308 e. The Labute approximate surface area is 68.9 Å². The number of hydrogen-bond donors (Lipinski definition) is 0. The van der Waals surface area contributed by atoms with Crippen LogP contribution < -0.4 is 0 Å². The largest absolute Gasteiger partial charge is 0.462 e. The lowest BCUT2D eigenvalue weighted by Crippen LogP contribution is -2.19. The summed E-state index contributed by atoms with van der Waals surface area (Å²) in [6, 6.07) is 0. The smallest absolute Gasteiger partial charge is 0.308 e. The van der Waals surface area contributed by atoms with Gasteiger partial charge in [0, 0.05) is 0 Å². The van der Waals surface area contributed by atoms with E-state index in [1.165, 1.54) is 0 Å². The Kier molecular flexibility index (Phi) is 4.92. The van der Waals surface area contributed by atoms with Crippen LogP contribution in [0, 0.1) is 5.92 Å². The molecule has 11 heavy (non-hydrogen) atoms. The van der Waals surface area contributed by atoms with Gasteiger partial charge in [-0.2, -0.15) is 0 Å². The third-order valence-electron chi connectivity index (χ3n) is 1.91. The van der Waals surface area contributed by atoms with E-state index in [0.717, 1.165) is 12.8 Å². The Morgan fingerprint density at radius 3 is 2.18 bits per heavy atom. The quantitative estimate of drug-likeness (QED) is 0.587. The molecule has 0 saturated heterocycles. The van der Waals surface area contributed by atoms with Crippen LogP contribution in [0.2, 0.25) is 0 Å². The van der Waals surface area contributed by atoms with Gasteiger partial charge in [0.05, 0.1) is 12.0 Å². The third kappa shape index (κ3) is 4.02. The molecule has 0 amide bonds. The Morgan fingerprint density at radius 2 is 1.82 bits per heavy atom. The van der Waals surface area contributed by atoms with Crippen molar-refractivity contribution in [2.24, 2.45) is 5.92 Å². The molecular weight excluding hydrogens is 140 g/mol. The van der Waals surface area contributed by atoms with Crippen LogP contribution in [0.3, 0.4) is 0 Å². The minimum atomic E-state index is -0.0677. The highest BCUT2D eigenvalue weighted by atomic mass is 16.5. The zero-order valence-corrected chi connectivity index (χ0v) is 7.89. The Morgan fingerprint density at radius 1 is 1.27 bits per heavy atom. The molecule has 0 saturated carbocycles. The molecule has 2 nitrogen and oxygen atoms in total. The first kappa shape index (κ1) is 10.5. The van der Waals surface area contributed by atoms with Crippen LogP contribution in [0.25, 0.3) is 0 Å². The topological polar surface area (TPSA) is 26.3 Å². The molecule has 0 N–H and O–H groups in total. The minimum Gasteiger partial charge on any atom is -0.462 e. The van der Waals surface area contributed by atoms with Crippen molar-refractivity contribution in [3.8, 4) is 0 Å². The van der Waals surface area contributed by atoms with Crippen molar-refractivity contribution < 1.29 is 9.53 Å². The lowest BCUT2D eigenvalue weighted by Gasteiger charge is -2.13. The predicted octanol–water partition coefficient (Wildman–Crippen LogP) is 2.37. The highest BCUT2D eigenvalue weighted by Gasteiger charge is 2.13. The molecule has 0 aliphatic carbocycles. The first-order chi connectivity index (χ1) is 5.11. The fraction of sp³-hybridized carbons (Fsp3) is 0.889. The van der Waals surface area contributed by atoms with E-state index in [0.29, 0.717) is 0 Å². The summed E-state index contributed by atoms with van der Waals surface area (Å²) in [7, 11) is 0. The number of rotatable bonds is 4. The van der Waals surface area contributed by atoms with E-state index in [4.69, 9.17) is 4.74 Å². The minimum absolute atomic E-state index is 0.0454. The predicted molar refractivity (Wildman–Crippen MR) is 45.3 cm³/mol. The summed E-state index contributed by atoms with van der Waals surface area (Å²) in [4.78, 5) is 11.1. The number of carbonyl (C=O) groups is 1. The van der Waals surface area contributed by atoms with E-state index in [9.17, 15) is 4.79 Å². The van der Waals surface area contributed by atoms with Crippen molar-refractivity contribution in [2.45, 2.75) is 46.6 Å². The number of ether oxygens (including phenoxy) is 1. The van der Waals surface area contributed by atoms with E-state index in [2.05, 4.69) is 0 Å². The first-order valence-electron chi connectivity index (χ1n) is 4.32. The normalized spacial score (nSPS) is 15.6. The molecule has 0 unspecified atom stereocenters. The fourth-order valence-electron chi connectivity index (χ4n) is 0.564. The Hall–Kier alpha value is -0.530. The Bertz CT molecular complexity index is 121. The van der Waals surface area contributed by atoms with Crippen LogP contribution in [0.5, 0.6) is 0 Å². The summed E-state index contributed by atoms with van der Waals surface area (Å²) in [6.45, 7) is 7.81. The van der Waals surface area contributed by atoms with E-state index in [1.807, 2.05) is 27.7 Å². The van der Waals surface area contributed by atoms with Crippen molar-refractivity contribution in [1.29, 1.82) is 0 Å². The highest BCUT2D eigenvalue weighted by Crippen LogP contribution is 2.06. The summed E-state index contributed by atoms with van der Waals surface area (Å²) in [5.74, 6) is -0.0224. The van der Waals surface area contributed by atoms with E-state index < -0.39 is 0 Å². The van der Waals surface area contributed by atoms with E-state index in [-0.39, 0.29) is 18.0 Å². The summed E-state index contributed by atoms with van der Waals surface area (Å²) in [5, 5.41) is 0. The van der Waals surface area contributed by atoms with Crippen LogP contribution in [0.15, 0.2) is 0 Å². The third-order valence-corrected chi connectivity index (χ3v) is 1.91. The lowest BCUT2D eigenvalue weighted by molar-refractivity contribution is -0.152. The molecule has 0 bridgehead atoms. The van der Waals surface area contributed by atoms with Crippen LogP contribution in [-0.2, 0) is 9.53 Å². The van der Waals surface area contributed by atoms with Crippen molar-refractivity contribution in [1.82, 2.24) is 0 Å². The second kappa shape index (κ2) is 5.16. The zero-order chi connectivity index (χ0) is 8.85. The molecular formula is C9H18O2. The van der Waals surface area contributed by atoms with Gasteiger partial charge in [0.1, 0.15) is 0 Å². The zero-order valence-electron chi connectivity index (χ0n) is 7.89. The van der Waals surface area contributed by atoms with Crippen molar-refractivity contribution in [3.63, 3.8) is 0 Å². The molecule has 0 radical (unpaired) electrons. The number of hydrogen-bond acceptors (Lipinski definition) is 2. The molecule has 0 aromatic carbocycles. The van der Waals surface area contributed by atoms with Gasteiger partial charge in [-0.05, 0) is 19.8 Å². The highest BCUT2D eigenvalue weighted by molar-refractivity contribution is 5.72. The SMILES string of the molecule is CC[C@H](C)OC(=O)[C@@H](C)CC. The molecule has 2 atom stereocenters. The van der Waals surface area contributed by atoms with Crippen molar-refractivity contribution >= 4 is 5.97 Å². The van der Waals surface area contributed by atoms with Gasteiger partial charge in [-0.3, -0.25) is 4.79 Å².